The van der Waals surface area contributed by atoms with Gasteiger partial charge in [-0.15, -0.1) is 0 Å². The highest BCUT2D eigenvalue weighted by Crippen LogP contribution is 2.31. The molecule has 0 atom stereocenters. The van der Waals surface area contributed by atoms with Crippen molar-refractivity contribution in [2.24, 2.45) is 15.1 Å². The van der Waals surface area contributed by atoms with Gasteiger partial charge in [0.1, 0.15) is 0 Å². The predicted octanol–water partition coefficient (Wildman–Crippen LogP) is 2.14. The second kappa shape index (κ2) is 5.72. The third kappa shape index (κ3) is 2.68. The zero-order valence-corrected chi connectivity index (χ0v) is 14.9. The molecule has 0 aliphatic carbocycles. The van der Waals surface area contributed by atoms with Gasteiger partial charge in [-0.05, 0) is 32.2 Å². The van der Waals surface area contributed by atoms with Gasteiger partial charge in [0.05, 0.1) is 17.9 Å². The summed E-state index contributed by atoms with van der Waals surface area (Å²) >= 11 is 3.54. The molecule has 4 rings (SSSR count). The van der Waals surface area contributed by atoms with E-state index in [-0.39, 0.29) is 0 Å². The molecule has 0 N–H and O–H groups in total. The quantitative estimate of drug-likeness (QED) is 0.698. The molecule has 3 aliphatic heterocycles. The Kier molecular flexibility index (Phi) is 3.69. The molecular formula is C16H19BrN6. The fourth-order valence-corrected chi connectivity index (χ4v) is 3.36. The molecule has 0 unspecified atom stereocenters. The Bertz CT molecular complexity index is 730. The third-order valence-corrected chi connectivity index (χ3v) is 4.82. The highest BCUT2D eigenvalue weighted by molar-refractivity contribution is 9.10. The maximum Gasteiger partial charge on any atom is 0.229 e. The molecule has 1 aromatic carbocycles. The summed E-state index contributed by atoms with van der Waals surface area (Å²) in [7, 11) is 2.16. The first-order chi connectivity index (χ1) is 11.1. The summed E-state index contributed by atoms with van der Waals surface area (Å²) in [6.07, 6.45) is 0. The number of hydrogen-bond donors (Lipinski definition) is 0. The van der Waals surface area contributed by atoms with Crippen LogP contribution >= 0.6 is 15.9 Å². The Morgan fingerprint density at radius 2 is 1.91 bits per heavy atom. The van der Waals surface area contributed by atoms with Crippen molar-refractivity contribution in [3.05, 3.63) is 28.2 Å². The first-order valence-corrected chi connectivity index (χ1v) is 8.62. The second-order valence-electron chi connectivity index (χ2n) is 6.15. The number of amidine groups is 1. The number of benzene rings is 1. The van der Waals surface area contributed by atoms with Gasteiger partial charge in [0, 0.05) is 36.2 Å². The van der Waals surface area contributed by atoms with Crippen LogP contribution in [-0.2, 0) is 0 Å². The number of nitrogens with zero attached hydrogens (tertiary/aromatic N) is 6. The molecular weight excluding hydrogens is 356 g/mol. The summed E-state index contributed by atoms with van der Waals surface area (Å²) in [6, 6.07) is 6.14. The average molecular weight is 375 g/mol. The van der Waals surface area contributed by atoms with Crippen molar-refractivity contribution in [3.8, 4) is 0 Å². The number of hydrazone groups is 1. The number of halogens is 1. The summed E-state index contributed by atoms with van der Waals surface area (Å²) in [5, 5.41) is 6.64. The molecule has 0 saturated carbocycles. The van der Waals surface area contributed by atoms with Gasteiger partial charge in [-0.2, -0.15) is 10.1 Å². The molecule has 7 heteroatoms. The molecule has 0 spiro atoms. The van der Waals surface area contributed by atoms with E-state index >= 15 is 0 Å². The van der Waals surface area contributed by atoms with Crippen LogP contribution in [-0.4, -0.2) is 72.1 Å². The summed E-state index contributed by atoms with van der Waals surface area (Å²) < 4.78 is 1.03. The van der Waals surface area contributed by atoms with Gasteiger partial charge in [-0.1, -0.05) is 15.9 Å². The van der Waals surface area contributed by atoms with Gasteiger partial charge in [-0.25, -0.2) is 4.99 Å². The van der Waals surface area contributed by atoms with Crippen molar-refractivity contribution in [3.63, 3.8) is 0 Å². The van der Waals surface area contributed by atoms with Crippen LogP contribution in [0.5, 0.6) is 0 Å². The molecule has 0 amide bonds. The largest absolute Gasteiger partial charge is 0.338 e. The van der Waals surface area contributed by atoms with Gasteiger partial charge < -0.3 is 9.80 Å². The number of likely N-dealkylation sites (N-methyl/N-ethyl adjacent to an activating group) is 1. The highest BCUT2D eigenvalue weighted by Gasteiger charge is 2.33. The molecule has 0 bridgehead atoms. The minimum absolute atomic E-state index is 0.647. The van der Waals surface area contributed by atoms with Crippen molar-refractivity contribution in [2.75, 3.05) is 39.8 Å². The summed E-state index contributed by atoms with van der Waals surface area (Å²) in [5.74, 6) is 1.79. The van der Waals surface area contributed by atoms with Crippen LogP contribution in [0.4, 0.5) is 5.69 Å². The van der Waals surface area contributed by atoms with Gasteiger partial charge in [-0.3, -0.25) is 4.99 Å². The molecule has 6 nitrogen and oxygen atoms in total. The standard InChI is InChI=1S/C16H19BrN6/c1-11-10-18-15-13-9-12(17)3-4-14(13)19-16(23(15)20-11)22-7-5-21(2)6-8-22/h3-4,9H,5-8,10H2,1-2H3. The van der Waals surface area contributed by atoms with E-state index in [1.807, 2.05) is 24.1 Å². The van der Waals surface area contributed by atoms with Crippen molar-refractivity contribution in [2.45, 2.75) is 6.92 Å². The van der Waals surface area contributed by atoms with Gasteiger partial charge in [0.2, 0.25) is 5.96 Å². The van der Waals surface area contributed by atoms with Crippen LogP contribution in [0, 0.1) is 0 Å². The summed E-state index contributed by atoms with van der Waals surface area (Å²) in [6.45, 7) is 6.65. The van der Waals surface area contributed by atoms with Crippen molar-refractivity contribution in [1.29, 1.82) is 0 Å². The SMILES string of the molecule is CC1=NN2C(=NC1)c1cc(Br)ccc1N=C2N1CCN(C)CC1. The fourth-order valence-electron chi connectivity index (χ4n) is 3.00. The normalized spacial score (nSPS) is 21.3. The van der Waals surface area contributed by atoms with Crippen LogP contribution in [0.1, 0.15) is 12.5 Å². The molecule has 0 aromatic heterocycles. The Hall–Kier alpha value is -1.73. The van der Waals surface area contributed by atoms with Crippen molar-refractivity contribution < 1.29 is 0 Å². The van der Waals surface area contributed by atoms with Crippen LogP contribution in [0.3, 0.4) is 0 Å². The lowest BCUT2D eigenvalue weighted by Crippen LogP contribution is -2.54. The van der Waals surface area contributed by atoms with Gasteiger partial charge in [0.15, 0.2) is 5.84 Å². The van der Waals surface area contributed by atoms with E-state index in [2.05, 4.69) is 38.8 Å². The van der Waals surface area contributed by atoms with Crippen molar-refractivity contribution >= 4 is 39.1 Å². The number of piperazine rings is 1. The monoisotopic (exact) mass is 374 g/mol. The molecule has 0 radical (unpaired) electrons. The number of aliphatic imine (C=N–C) groups is 2. The zero-order valence-electron chi connectivity index (χ0n) is 13.3. The van der Waals surface area contributed by atoms with E-state index in [9.17, 15) is 0 Å². The molecule has 120 valence electrons. The van der Waals surface area contributed by atoms with Gasteiger partial charge >= 0.3 is 0 Å². The van der Waals surface area contributed by atoms with E-state index in [4.69, 9.17) is 15.1 Å². The van der Waals surface area contributed by atoms with Crippen molar-refractivity contribution in [1.82, 2.24) is 14.8 Å². The fraction of sp³-hybridized carbons (Fsp3) is 0.438. The van der Waals surface area contributed by atoms with E-state index in [1.165, 1.54) is 0 Å². The Labute approximate surface area is 144 Å². The topological polar surface area (TPSA) is 46.8 Å². The number of guanidine groups is 1. The number of hydrogen-bond acceptors (Lipinski definition) is 6. The number of fused-ring (bicyclic) bond motifs is 3. The first-order valence-electron chi connectivity index (χ1n) is 7.82. The molecule has 3 heterocycles. The lowest BCUT2D eigenvalue weighted by molar-refractivity contribution is 0.204. The first kappa shape index (κ1) is 14.8. The van der Waals surface area contributed by atoms with E-state index in [1.54, 1.807) is 0 Å². The van der Waals surface area contributed by atoms with E-state index in [0.717, 1.165) is 59.4 Å². The van der Waals surface area contributed by atoms with Crippen LogP contribution in [0.25, 0.3) is 0 Å². The smallest absolute Gasteiger partial charge is 0.229 e. The third-order valence-electron chi connectivity index (χ3n) is 4.32. The van der Waals surface area contributed by atoms with E-state index in [0.29, 0.717) is 6.54 Å². The number of rotatable bonds is 0. The second-order valence-corrected chi connectivity index (χ2v) is 7.07. The predicted molar refractivity (Wildman–Crippen MR) is 96.7 cm³/mol. The molecule has 3 aliphatic rings. The average Bonchev–Trinajstić information content (AvgIpc) is 2.55. The molecule has 23 heavy (non-hydrogen) atoms. The summed E-state index contributed by atoms with van der Waals surface area (Å²) in [4.78, 5) is 14.3. The maximum absolute atomic E-state index is 4.90. The minimum Gasteiger partial charge on any atom is -0.338 e. The minimum atomic E-state index is 0.647. The van der Waals surface area contributed by atoms with Gasteiger partial charge in [0.25, 0.3) is 0 Å². The highest BCUT2D eigenvalue weighted by atomic mass is 79.9. The lowest BCUT2D eigenvalue weighted by atomic mass is 10.1. The molecule has 1 fully saturated rings. The zero-order chi connectivity index (χ0) is 16.0. The Morgan fingerprint density at radius 1 is 1.13 bits per heavy atom. The molecule has 1 saturated heterocycles. The Balaban J connectivity index is 1.79. The Morgan fingerprint density at radius 3 is 2.70 bits per heavy atom. The van der Waals surface area contributed by atoms with Crippen LogP contribution in [0.15, 0.2) is 37.8 Å². The van der Waals surface area contributed by atoms with E-state index < -0.39 is 0 Å². The lowest BCUT2D eigenvalue weighted by Gasteiger charge is -2.39. The van der Waals surface area contributed by atoms with Crippen LogP contribution in [0.2, 0.25) is 0 Å². The van der Waals surface area contributed by atoms with Crippen LogP contribution < -0.4 is 0 Å². The maximum atomic E-state index is 4.90. The summed E-state index contributed by atoms with van der Waals surface area (Å²) in [5.41, 5.74) is 3.01. The molecule has 1 aromatic rings.